The highest BCUT2D eigenvalue weighted by molar-refractivity contribution is 6.38. The van der Waals surface area contributed by atoms with Gasteiger partial charge in [-0.15, -0.1) is 6.58 Å². The van der Waals surface area contributed by atoms with Crippen LogP contribution < -0.4 is 21.3 Å². The highest BCUT2D eigenvalue weighted by atomic mass is 16.6. The van der Waals surface area contributed by atoms with Crippen LogP contribution >= 0.6 is 0 Å². The molecule has 5 unspecified atom stereocenters. The molecule has 1 heterocycles. The molecule has 0 spiro atoms. The number of nitrogens with zero attached hydrogens (tertiary/aromatic N) is 1. The molecule has 304 valence electrons. The van der Waals surface area contributed by atoms with Crippen molar-refractivity contribution in [2.45, 2.75) is 129 Å². The van der Waals surface area contributed by atoms with E-state index in [0.29, 0.717) is 24.8 Å². The zero-order valence-corrected chi connectivity index (χ0v) is 33.3. The van der Waals surface area contributed by atoms with E-state index in [9.17, 15) is 33.6 Å². The van der Waals surface area contributed by atoms with E-state index < -0.39 is 71.9 Å². The lowest BCUT2D eigenvalue weighted by atomic mass is 9.83. The molecule has 1 aromatic carbocycles. The number of carbonyl (C=O) groups excluding carboxylic acids is 7. The summed E-state index contributed by atoms with van der Waals surface area (Å²) in [6, 6.07) is 4.22. The first-order valence-corrected chi connectivity index (χ1v) is 19.6. The van der Waals surface area contributed by atoms with Crippen LogP contribution in [0, 0.1) is 17.8 Å². The lowest BCUT2D eigenvalue weighted by Gasteiger charge is -2.35. The number of carbonyl (C=O) groups is 7. The van der Waals surface area contributed by atoms with Crippen LogP contribution in [-0.4, -0.2) is 89.8 Å². The van der Waals surface area contributed by atoms with Crippen LogP contribution in [0.15, 0.2) is 43.0 Å². The number of benzene rings is 1. The molecule has 5 atom stereocenters. The number of likely N-dealkylation sites (tertiary alicyclic amines) is 1. The molecule has 14 nitrogen and oxygen atoms in total. The molecule has 2 fully saturated rings. The first-order chi connectivity index (χ1) is 26.1. The maximum absolute atomic E-state index is 14.3. The Morgan fingerprint density at radius 1 is 0.945 bits per heavy atom. The van der Waals surface area contributed by atoms with Gasteiger partial charge in [0.1, 0.15) is 17.7 Å². The molecule has 1 aliphatic heterocycles. The van der Waals surface area contributed by atoms with Gasteiger partial charge in [0.15, 0.2) is 6.04 Å². The largest absolute Gasteiger partial charge is 0.458 e. The average molecular weight is 768 g/mol. The normalized spacial score (nSPS) is 19.0. The van der Waals surface area contributed by atoms with Crippen molar-refractivity contribution in [3.63, 3.8) is 0 Å². The Balaban J connectivity index is 1.73. The third-order valence-electron chi connectivity index (χ3n) is 9.68. The quantitative estimate of drug-likeness (QED) is 0.0961. The van der Waals surface area contributed by atoms with Crippen LogP contribution in [-0.2, 0) is 38.2 Å². The summed E-state index contributed by atoms with van der Waals surface area (Å²) in [5, 5.41) is 10.4. The van der Waals surface area contributed by atoms with Crippen LogP contribution in [0.3, 0.4) is 0 Å². The number of hydrogen-bond acceptors (Lipinski definition) is 9. The van der Waals surface area contributed by atoms with Gasteiger partial charge in [0.2, 0.25) is 23.5 Å². The molecule has 0 radical (unpaired) electrons. The topological polar surface area (TPSA) is 189 Å². The monoisotopic (exact) mass is 767 g/mol. The predicted octanol–water partition coefficient (Wildman–Crippen LogP) is 4.28. The fourth-order valence-corrected chi connectivity index (χ4v) is 7.08. The summed E-state index contributed by atoms with van der Waals surface area (Å²) in [5.41, 5.74) is -0.350. The third-order valence-corrected chi connectivity index (χ3v) is 9.68. The highest BCUT2D eigenvalue weighted by Crippen LogP contribution is 2.33. The van der Waals surface area contributed by atoms with Crippen LogP contribution in [0.25, 0.3) is 0 Å². The Kier molecular flexibility index (Phi) is 17.3. The number of hydrogen-bond donors (Lipinski definition) is 4. The van der Waals surface area contributed by atoms with Gasteiger partial charge >= 0.3 is 12.1 Å². The second-order valence-corrected chi connectivity index (χ2v) is 15.9. The van der Waals surface area contributed by atoms with E-state index in [1.54, 1.807) is 64.1 Å². The maximum atomic E-state index is 14.3. The number of allylic oxidation sites excluding steroid dienone is 1. The number of nitrogens with one attached hydrogen (secondary N) is 4. The van der Waals surface area contributed by atoms with E-state index in [2.05, 4.69) is 27.8 Å². The summed E-state index contributed by atoms with van der Waals surface area (Å²) in [5.74, 6) is -4.79. The molecule has 0 bridgehead atoms. The molecule has 0 aromatic heterocycles. The van der Waals surface area contributed by atoms with Gasteiger partial charge < -0.3 is 35.6 Å². The summed E-state index contributed by atoms with van der Waals surface area (Å²) in [7, 11) is 0. The second kappa shape index (κ2) is 21.4. The SMILES string of the molecule is C=CCC1CCN(C(=O)C(NC(=O)OCC(C)C)C2CCCCC2)C1C(=O)NC(CCC)C(=O)C(=O)NCC(=O)NC(C(=O)OC(C)(C)C)c1ccccc1. The lowest BCUT2D eigenvalue weighted by molar-refractivity contribution is -0.158. The Bertz CT molecular complexity index is 1500. The lowest BCUT2D eigenvalue weighted by Crippen LogP contribution is -2.59. The summed E-state index contributed by atoms with van der Waals surface area (Å²) in [6.07, 6.45) is 6.85. The number of rotatable bonds is 18. The number of amides is 5. The van der Waals surface area contributed by atoms with Gasteiger partial charge in [-0.2, -0.15) is 0 Å². The van der Waals surface area contributed by atoms with Gasteiger partial charge in [0, 0.05) is 6.54 Å². The molecule has 5 amide bonds. The highest BCUT2D eigenvalue weighted by Gasteiger charge is 2.46. The Morgan fingerprint density at radius 3 is 2.22 bits per heavy atom. The standard InChI is InChI=1S/C41H61N5O9/c1-8-16-29-22-23-46(38(51)32(27-18-12-10-13-19-27)45-40(53)54-25-26(3)4)34(29)36(49)43-30(17-9-2)35(48)37(50)42-24-31(47)44-33(28-20-14-11-15-21-28)39(52)55-41(5,6)7/h8,11,14-15,20-21,26-27,29-30,32-34H,1,9-10,12-13,16-19,22-25H2,2-7H3,(H,42,50)(H,43,49)(H,44,47)(H,45,53). The Hall–Kier alpha value is -4.75. The first-order valence-electron chi connectivity index (χ1n) is 19.6. The predicted molar refractivity (Wildman–Crippen MR) is 206 cm³/mol. The second-order valence-electron chi connectivity index (χ2n) is 15.9. The Labute approximate surface area is 325 Å². The van der Waals surface area contributed by atoms with Crippen molar-refractivity contribution >= 4 is 41.5 Å². The number of alkyl carbamates (subject to hydrolysis) is 1. The van der Waals surface area contributed by atoms with Crippen LogP contribution in [0.1, 0.15) is 111 Å². The number of esters is 1. The minimum absolute atomic E-state index is 0.107. The summed E-state index contributed by atoms with van der Waals surface area (Å²) in [4.78, 5) is 95.3. The zero-order valence-electron chi connectivity index (χ0n) is 33.3. The van der Waals surface area contributed by atoms with Gasteiger partial charge in [-0.25, -0.2) is 9.59 Å². The van der Waals surface area contributed by atoms with E-state index in [1.165, 1.54) is 4.90 Å². The molecule has 14 heteroatoms. The smallest absolute Gasteiger partial charge is 0.407 e. The first kappa shape index (κ1) is 44.6. The van der Waals surface area contributed by atoms with Crippen molar-refractivity contribution in [3.8, 4) is 0 Å². The summed E-state index contributed by atoms with van der Waals surface area (Å²) in [6.45, 7) is 14.4. The van der Waals surface area contributed by atoms with Gasteiger partial charge in [-0.3, -0.25) is 24.0 Å². The molecule has 3 rings (SSSR count). The summed E-state index contributed by atoms with van der Waals surface area (Å²) >= 11 is 0. The van der Waals surface area contributed by atoms with E-state index in [-0.39, 0.29) is 43.2 Å². The van der Waals surface area contributed by atoms with Crippen molar-refractivity contribution in [1.29, 1.82) is 0 Å². The van der Waals surface area contributed by atoms with Crippen LogP contribution in [0.4, 0.5) is 4.79 Å². The number of Topliss-reactive ketones (excluding diaryl/α,β-unsaturated/α-hetero) is 1. The van der Waals surface area contributed by atoms with Gasteiger partial charge in [-0.1, -0.05) is 82.9 Å². The van der Waals surface area contributed by atoms with Crippen molar-refractivity contribution in [2.75, 3.05) is 19.7 Å². The maximum Gasteiger partial charge on any atom is 0.407 e. The minimum Gasteiger partial charge on any atom is -0.458 e. The molecule has 1 saturated heterocycles. The zero-order chi connectivity index (χ0) is 40.7. The van der Waals surface area contributed by atoms with Crippen molar-refractivity contribution in [1.82, 2.24) is 26.2 Å². The van der Waals surface area contributed by atoms with E-state index in [4.69, 9.17) is 9.47 Å². The fraction of sp³-hybridized carbons (Fsp3) is 0.634. The van der Waals surface area contributed by atoms with Gasteiger partial charge in [-0.05, 0) is 76.2 Å². The fourth-order valence-electron chi connectivity index (χ4n) is 7.08. The van der Waals surface area contributed by atoms with E-state index in [1.807, 2.05) is 13.8 Å². The van der Waals surface area contributed by atoms with Crippen molar-refractivity contribution < 1.29 is 43.0 Å². The number of ketones is 1. The molecule has 1 aromatic rings. The number of ether oxygens (including phenoxy) is 2. The summed E-state index contributed by atoms with van der Waals surface area (Å²) < 4.78 is 10.9. The molecule has 2 aliphatic rings. The molecular formula is C41H61N5O9. The van der Waals surface area contributed by atoms with Crippen molar-refractivity contribution in [3.05, 3.63) is 48.6 Å². The molecular weight excluding hydrogens is 706 g/mol. The average Bonchev–Trinajstić information content (AvgIpc) is 3.57. The van der Waals surface area contributed by atoms with Crippen molar-refractivity contribution in [2.24, 2.45) is 17.8 Å². The van der Waals surface area contributed by atoms with Crippen LogP contribution in [0.5, 0.6) is 0 Å². The van der Waals surface area contributed by atoms with Gasteiger partial charge in [0.25, 0.3) is 5.91 Å². The van der Waals surface area contributed by atoms with E-state index >= 15 is 0 Å². The molecule has 55 heavy (non-hydrogen) atoms. The van der Waals surface area contributed by atoms with E-state index in [0.717, 1.165) is 32.1 Å². The third kappa shape index (κ3) is 13.8. The molecule has 4 N–H and O–H groups in total. The molecule has 1 aliphatic carbocycles. The van der Waals surface area contributed by atoms with Gasteiger partial charge in [0.05, 0.1) is 19.2 Å². The molecule has 1 saturated carbocycles. The minimum atomic E-state index is -1.24. The Morgan fingerprint density at radius 2 is 1.62 bits per heavy atom. The van der Waals surface area contributed by atoms with Crippen LogP contribution in [0.2, 0.25) is 0 Å².